The van der Waals surface area contributed by atoms with E-state index < -0.39 is 17.5 Å². The summed E-state index contributed by atoms with van der Waals surface area (Å²) in [5.74, 6) is -2.52. The maximum atomic E-state index is 13.8. The van der Waals surface area contributed by atoms with Crippen LogP contribution in [0.2, 0.25) is 0 Å². The average Bonchev–Trinajstić information content (AvgIpc) is 2.89. The summed E-state index contributed by atoms with van der Waals surface area (Å²) in [5, 5.41) is 0. The van der Waals surface area contributed by atoms with E-state index in [4.69, 9.17) is 10.5 Å². The number of carbonyl (C=O) groups excluding carboxylic acids is 1. The Bertz CT molecular complexity index is 494. The van der Waals surface area contributed by atoms with Crippen molar-refractivity contribution in [2.45, 2.75) is 6.42 Å². The van der Waals surface area contributed by atoms with Gasteiger partial charge in [0.15, 0.2) is 11.6 Å². The van der Waals surface area contributed by atoms with Crippen molar-refractivity contribution in [3.8, 4) is 5.75 Å². The standard InChI is InChI=1S/C13H16F2N2O2/c1-19-10-3-2-9(14)12(15)11(10)13(18)17-5-4-8(6-16)7-17/h2-3,8H,4-7,16H2,1H3. The number of nitrogens with two attached hydrogens (primary N) is 1. The lowest BCUT2D eigenvalue weighted by molar-refractivity contribution is 0.0778. The second-order valence-electron chi connectivity index (χ2n) is 4.58. The smallest absolute Gasteiger partial charge is 0.260 e. The SMILES string of the molecule is COc1ccc(F)c(F)c1C(=O)N1CCC(CN)C1. The Morgan fingerprint density at radius 2 is 2.26 bits per heavy atom. The molecule has 19 heavy (non-hydrogen) atoms. The third-order valence-corrected chi connectivity index (χ3v) is 3.40. The molecule has 1 atom stereocenters. The quantitative estimate of drug-likeness (QED) is 0.903. The van der Waals surface area contributed by atoms with Gasteiger partial charge in [-0.05, 0) is 31.0 Å². The molecular weight excluding hydrogens is 254 g/mol. The second kappa shape index (κ2) is 5.52. The van der Waals surface area contributed by atoms with Crippen LogP contribution in [0.1, 0.15) is 16.8 Å². The van der Waals surface area contributed by atoms with E-state index in [1.807, 2.05) is 0 Å². The molecule has 1 heterocycles. The zero-order valence-corrected chi connectivity index (χ0v) is 10.7. The van der Waals surface area contributed by atoms with Gasteiger partial charge in [-0.2, -0.15) is 0 Å². The lowest BCUT2D eigenvalue weighted by atomic mass is 10.1. The minimum absolute atomic E-state index is 0.0418. The monoisotopic (exact) mass is 270 g/mol. The molecule has 0 spiro atoms. The molecular formula is C13H16F2N2O2. The Morgan fingerprint density at radius 3 is 2.84 bits per heavy atom. The average molecular weight is 270 g/mol. The number of nitrogens with zero attached hydrogens (tertiary/aromatic N) is 1. The van der Waals surface area contributed by atoms with Gasteiger partial charge in [0.25, 0.3) is 5.91 Å². The molecule has 0 bridgehead atoms. The fraction of sp³-hybridized carbons (Fsp3) is 0.462. The summed E-state index contributed by atoms with van der Waals surface area (Å²) >= 11 is 0. The molecule has 4 nitrogen and oxygen atoms in total. The van der Waals surface area contributed by atoms with E-state index >= 15 is 0 Å². The largest absolute Gasteiger partial charge is 0.496 e. The fourth-order valence-corrected chi connectivity index (χ4v) is 2.27. The van der Waals surface area contributed by atoms with Crippen LogP contribution in [-0.4, -0.2) is 37.6 Å². The van der Waals surface area contributed by atoms with E-state index in [2.05, 4.69) is 0 Å². The highest BCUT2D eigenvalue weighted by Crippen LogP contribution is 2.27. The molecule has 1 aromatic carbocycles. The Balaban J connectivity index is 2.31. The van der Waals surface area contributed by atoms with E-state index in [-0.39, 0.29) is 17.2 Å². The summed E-state index contributed by atoms with van der Waals surface area (Å²) in [4.78, 5) is 13.7. The van der Waals surface area contributed by atoms with Gasteiger partial charge in [-0.1, -0.05) is 0 Å². The topological polar surface area (TPSA) is 55.6 Å². The van der Waals surface area contributed by atoms with Gasteiger partial charge in [0, 0.05) is 13.1 Å². The number of halogens is 2. The zero-order valence-electron chi connectivity index (χ0n) is 10.7. The molecule has 0 aliphatic carbocycles. The normalized spacial score (nSPS) is 18.7. The van der Waals surface area contributed by atoms with Crippen molar-refractivity contribution in [3.63, 3.8) is 0 Å². The summed E-state index contributed by atoms with van der Waals surface area (Å²) in [6, 6.07) is 2.19. The maximum absolute atomic E-state index is 13.8. The van der Waals surface area contributed by atoms with Crippen LogP contribution in [0.25, 0.3) is 0 Å². The van der Waals surface area contributed by atoms with Crippen LogP contribution in [0.4, 0.5) is 8.78 Å². The molecule has 0 radical (unpaired) electrons. The van der Waals surface area contributed by atoms with Crippen molar-refractivity contribution < 1.29 is 18.3 Å². The van der Waals surface area contributed by atoms with Crippen LogP contribution >= 0.6 is 0 Å². The molecule has 2 N–H and O–H groups in total. The first-order valence-corrected chi connectivity index (χ1v) is 6.09. The molecule has 104 valence electrons. The van der Waals surface area contributed by atoms with Crippen LogP contribution in [0.5, 0.6) is 5.75 Å². The first kappa shape index (κ1) is 13.7. The number of carbonyl (C=O) groups is 1. The summed E-state index contributed by atoms with van der Waals surface area (Å²) in [5.41, 5.74) is 5.20. The van der Waals surface area contributed by atoms with Gasteiger partial charge < -0.3 is 15.4 Å². The highest BCUT2D eigenvalue weighted by Gasteiger charge is 2.30. The lowest BCUT2D eigenvalue weighted by Gasteiger charge is -2.18. The number of methoxy groups -OCH3 is 1. The van der Waals surface area contributed by atoms with E-state index in [0.29, 0.717) is 19.6 Å². The molecule has 1 unspecified atom stereocenters. The first-order chi connectivity index (χ1) is 9.08. The van der Waals surface area contributed by atoms with Crippen molar-refractivity contribution in [1.29, 1.82) is 0 Å². The molecule has 1 aliphatic rings. The summed E-state index contributed by atoms with van der Waals surface area (Å²) in [6.45, 7) is 1.45. The highest BCUT2D eigenvalue weighted by molar-refractivity contribution is 5.97. The third kappa shape index (κ3) is 2.53. The van der Waals surface area contributed by atoms with Gasteiger partial charge in [0.05, 0.1) is 7.11 Å². The van der Waals surface area contributed by atoms with Crippen molar-refractivity contribution in [1.82, 2.24) is 4.90 Å². The predicted molar refractivity (Wildman–Crippen MR) is 66.0 cm³/mol. The van der Waals surface area contributed by atoms with Gasteiger partial charge >= 0.3 is 0 Å². The van der Waals surface area contributed by atoms with Crippen molar-refractivity contribution in [3.05, 3.63) is 29.3 Å². The van der Waals surface area contributed by atoms with Gasteiger partial charge in [-0.15, -0.1) is 0 Å². The molecule has 0 saturated carbocycles. The molecule has 6 heteroatoms. The van der Waals surface area contributed by atoms with Gasteiger partial charge in [0.2, 0.25) is 0 Å². The lowest BCUT2D eigenvalue weighted by Crippen LogP contribution is -2.31. The van der Waals surface area contributed by atoms with Crippen molar-refractivity contribution in [2.75, 3.05) is 26.7 Å². The Labute approximate surface area is 110 Å². The van der Waals surface area contributed by atoms with Crippen LogP contribution in [-0.2, 0) is 0 Å². The molecule has 1 aromatic rings. The van der Waals surface area contributed by atoms with Crippen LogP contribution < -0.4 is 10.5 Å². The number of ether oxygens (including phenoxy) is 1. The van der Waals surface area contributed by atoms with Crippen molar-refractivity contribution >= 4 is 5.91 Å². The minimum Gasteiger partial charge on any atom is -0.496 e. The number of amides is 1. The molecule has 1 amide bonds. The maximum Gasteiger partial charge on any atom is 0.260 e. The highest BCUT2D eigenvalue weighted by atomic mass is 19.2. The Hall–Kier alpha value is -1.69. The first-order valence-electron chi connectivity index (χ1n) is 6.09. The number of benzene rings is 1. The van der Waals surface area contributed by atoms with Crippen LogP contribution in [0.3, 0.4) is 0 Å². The van der Waals surface area contributed by atoms with E-state index in [1.54, 1.807) is 0 Å². The molecule has 1 aliphatic heterocycles. The molecule has 0 aromatic heterocycles. The summed E-state index contributed by atoms with van der Waals surface area (Å²) in [6.07, 6.45) is 0.779. The van der Waals surface area contributed by atoms with E-state index in [9.17, 15) is 13.6 Å². The number of hydrogen-bond donors (Lipinski definition) is 1. The molecule has 1 saturated heterocycles. The van der Waals surface area contributed by atoms with E-state index in [0.717, 1.165) is 12.5 Å². The fourth-order valence-electron chi connectivity index (χ4n) is 2.27. The number of likely N-dealkylation sites (tertiary alicyclic amines) is 1. The molecule has 1 fully saturated rings. The summed E-state index contributed by atoms with van der Waals surface area (Å²) < 4.78 is 32.0. The van der Waals surface area contributed by atoms with Crippen LogP contribution in [0, 0.1) is 17.6 Å². The second-order valence-corrected chi connectivity index (χ2v) is 4.58. The van der Waals surface area contributed by atoms with E-state index in [1.165, 1.54) is 18.1 Å². The summed E-state index contributed by atoms with van der Waals surface area (Å²) in [7, 11) is 1.32. The van der Waals surface area contributed by atoms with Crippen molar-refractivity contribution in [2.24, 2.45) is 11.7 Å². The van der Waals surface area contributed by atoms with Gasteiger partial charge in [-0.3, -0.25) is 4.79 Å². The zero-order chi connectivity index (χ0) is 14.0. The number of hydrogen-bond acceptors (Lipinski definition) is 3. The molecule has 2 rings (SSSR count). The number of rotatable bonds is 3. The third-order valence-electron chi connectivity index (χ3n) is 3.40. The van der Waals surface area contributed by atoms with Gasteiger partial charge in [-0.25, -0.2) is 8.78 Å². The van der Waals surface area contributed by atoms with Crippen LogP contribution in [0.15, 0.2) is 12.1 Å². The Kier molecular flexibility index (Phi) is 3.99. The predicted octanol–water partition coefficient (Wildman–Crippen LogP) is 1.39. The van der Waals surface area contributed by atoms with Gasteiger partial charge in [0.1, 0.15) is 11.3 Å². The Morgan fingerprint density at radius 1 is 1.53 bits per heavy atom. The minimum atomic E-state index is -1.17.